The third kappa shape index (κ3) is 59.5. The Balaban J connectivity index is 4.19. The molecular weight excluding hydrogens is 954 g/mol. The maximum Gasteiger partial charge on any atom is 0.306 e. The Morgan fingerprint density at radius 1 is 0.427 bits per heavy atom. The SMILES string of the molecule is CC/C=C\C/C=C\C/C=C\C/C=C\C/C=C\C/C=C\C/C=C\C/C=C\C/C=C\CCCCCCCCCC(=O)OC(COC(=O)CCCCCCC/C=C\CCCCCCCCC)COP(=O)([O-])OCC[N+](C)(C)C. The topological polar surface area (TPSA) is 111 Å². The van der Waals surface area contributed by atoms with Gasteiger partial charge in [0, 0.05) is 12.8 Å². The van der Waals surface area contributed by atoms with Crippen LogP contribution in [0.15, 0.2) is 122 Å². The molecule has 2 atom stereocenters. The standard InChI is InChI=1S/C65H110NO8P/c1-6-8-10-12-14-16-18-20-22-24-25-26-27-28-29-30-31-32-33-34-35-36-37-38-39-40-41-42-44-46-48-50-52-54-56-58-65(68)74-63(62-73-75(69,70)72-60-59-66(3,4)5)61-71-64(67)57-55-53-51-49-47-45-43-23-21-19-17-15-13-11-9-7-2/h8,10,14,16,20,22-23,25-26,28-29,31-32,34-35,37-38,40-41,43,63H,6-7,9,11-13,15,17-19,21,24,27,30,33,36,39,42,44-62H2,1-5H3/b10-8-,16-14-,22-20-,26-25-,29-28-,32-31-,35-34-,38-37-,41-40-,43-23-. The second-order valence-electron chi connectivity index (χ2n) is 20.6. The lowest BCUT2D eigenvalue weighted by Crippen LogP contribution is -2.37. The second-order valence-corrected chi connectivity index (χ2v) is 22.0. The number of rotatable bonds is 53. The first kappa shape index (κ1) is 71.4. The molecular formula is C65H110NO8P. The van der Waals surface area contributed by atoms with Gasteiger partial charge in [-0.3, -0.25) is 14.2 Å². The van der Waals surface area contributed by atoms with Gasteiger partial charge in [-0.1, -0.05) is 225 Å². The van der Waals surface area contributed by atoms with Gasteiger partial charge in [-0.25, -0.2) is 0 Å². The molecule has 0 saturated heterocycles. The number of phosphoric acid groups is 1. The van der Waals surface area contributed by atoms with Gasteiger partial charge < -0.3 is 27.9 Å². The largest absolute Gasteiger partial charge is 0.756 e. The maximum absolute atomic E-state index is 12.8. The van der Waals surface area contributed by atoms with Crippen LogP contribution in [-0.2, 0) is 32.7 Å². The molecule has 0 bridgehead atoms. The van der Waals surface area contributed by atoms with Crippen molar-refractivity contribution in [1.82, 2.24) is 0 Å². The van der Waals surface area contributed by atoms with Crippen LogP contribution in [-0.4, -0.2) is 70.0 Å². The maximum atomic E-state index is 12.8. The second kappa shape index (κ2) is 55.2. The van der Waals surface area contributed by atoms with Gasteiger partial charge in [-0.05, 0) is 109 Å². The number of hydrogen-bond donors (Lipinski definition) is 0. The molecule has 428 valence electrons. The average Bonchev–Trinajstić information content (AvgIpc) is 3.37. The minimum Gasteiger partial charge on any atom is -0.756 e. The Kier molecular flexibility index (Phi) is 52.5. The highest BCUT2D eigenvalue weighted by atomic mass is 31.2. The van der Waals surface area contributed by atoms with Crippen LogP contribution >= 0.6 is 7.82 Å². The average molecular weight is 1060 g/mol. The summed E-state index contributed by atoms with van der Waals surface area (Å²) in [6, 6.07) is 0. The van der Waals surface area contributed by atoms with Crippen molar-refractivity contribution in [2.45, 2.75) is 232 Å². The van der Waals surface area contributed by atoms with Crippen molar-refractivity contribution in [3.8, 4) is 0 Å². The van der Waals surface area contributed by atoms with E-state index in [9.17, 15) is 19.0 Å². The number of carbonyl (C=O) groups is 2. The van der Waals surface area contributed by atoms with Gasteiger partial charge in [0.05, 0.1) is 27.7 Å². The zero-order valence-corrected chi connectivity index (χ0v) is 49.3. The lowest BCUT2D eigenvalue weighted by Gasteiger charge is -2.28. The Morgan fingerprint density at radius 3 is 1.15 bits per heavy atom. The van der Waals surface area contributed by atoms with Crippen molar-refractivity contribution < 1.29 is 42.1 Å². The van der Waals surface area contributed by atoms with Gasteiger partial charge in [0.25, 0.3) is 7.82 Å². The zero-order chi connectivity index (χ0) is 54.9. The molecule has 0 spiro atoms. The minimum atomic E-state index is -4.65. The number of allylic oxidation sites excluding steroid dienone is 20. The van der Waals surface area contributed by atoms with Crippen LogP contribution in [0.1, 0.15) is 226 Å². The van der Waals surface area contributed by atoms with E-state index in [0.29, 0.717) is 23.9 Å². The molecule has 0 aliphatic rings. The van der Waals surface area contributed by atoms with Crippen LogP contribution in [0.3, 0.4) is 0 Å². The normalized spacial score (nSPS) is 14.2. The Labute approximate surface area is 460 Å². The van der Waals surface area contributed by atoms with E-state index >= 15 is 0 Å². The summed E-state index contributed by atoms with van der Waals surface area (Å²) in [5.41, 5.74) is 0. The number of nitrogens with zero attached hydrogens (tertiary/aromatic N) is 1. The minimum absolute atomic E-state index is 0.0403. The van der Waals surface area contributed by atoms with E-state index < -0.39 is 32.5 Å². The number of carbonyl (C=O) groups excluding carboxylic acids is 2. The molecule has 0 heterocycles. The Morgan fingerprint density at radius 2 is 0.760 bits per heavy atom. The number of likely N-dealkylation sites (N-methyl/N-ethyl adjacent to an activating group) is 1. The van der Waals surface area contributed by atoms with Crippen LogP contribution in [0.25, 0.3) is 0 Å². The number of phosphoric ester groups is 1. The summed E-state index contributed by atoms with van der Waals surface area (Å²) >= 11 is 0. The summed E-state index contributed by atoms with van der Waals surface area (Å²) in [5.74, 6) is -0.862. The van der Waals surface area contributed by atoms with Crippen LogP contribution in [0.2, 0.25) is 0 Å². The molecule has 0 aliphatic heterocycles. The van der Waals surface area contributed by atoms with E-state index in [1.807, 2.05) is 21.1 Å². The van der Waals surface area contributed by atoms with Crippen molar-refractivity contribution in [2.75, 3.05) is 47.5 Å². The number of esters is 2. The van der Waals surface area contributed by atoms with Crippen LogP contribution < -0.4 is 4.89 Å². The van der Waals surface area contributed by atoms with E-state index in [1.54, 1.807) is 0 Å². The summed E-state index contributed by atoms with van der Waals surface area (Å²) in [7, 11) is 1.14. The van der Waals surface area contributed by atoms with Gasteiger partial charge >= 0.3 is 11.9 Å². The Hall–Kier alpha value is -3.59. The molecule has 75 heavy (non-hydrogen) atoms. The zero-order valence-electron chi connectivity index (χ0n) is 48.4. The fourth-order valence-electron chi connectivity index (χ4n) is 7.64. The van der Waals surface area contributed by atoms with Gasteiger partial charge in [0.2, 0.25) is 0 Å². The third-order valence-electron chi connectivity index (χ3n) is 12.2. The first-order valence-corrected chi connectivity index (χ1v) is 31.2. The molecule has 0 aliphatic carbocycles. The molecule has 9 nitrogen and oxygen atoms in total. The van der Waals surface area contributed by atoms with Crippen molar-refractivity contribution in [2.24, 2.45) is 0 Å². The summed E-state index contributed by atoms with van der Waals surface area (Å²) < 4.78 is 34.1. The van der Waals surface area contributed by atoms with E-state index in [4.69, 9.17) is 18.5 Å². The van der Waals surface area contributed by atoms with Crippen molar-refractivity contribution in [3.63, 3.8) is 0 Å². The highest BCUT2D eigenvalue weighted by Crippen LogP contribution is 2.38. The van der Waals surface area contributed by atoms with E-state index in [1.165, 1.54) is 64.2 Å². The van der Waals surface area contributed by atoms with Crippen molar-refractivity contribution in [1.29, 1.82) is 0 Å². The van der Waals surface area contributed by atoms with E-state index in [-0.39, 0.29) is 26.1 Å². The van der Waals surface area contributed by atoms with Crippen molar-refractivity contribution >= 4 is 19.8 Å². The molecule has 10 heteroatoms. The molecule has 0 aromatic carbocycles. The summed E-state index contributed by atoms with van der Waals surface area (Å²) in [5, 5.41) is 0. The number of unbranched alkanes of at least 4 members (excludes halogenated alkanes) is 19. The quantitative estimate of drug-likeness (QED) is 0.0195. The lowest BCUT2D eigenvalue weighted by atomic mass is 10.1. The number of hydrogen-bond acceptors (Lipinski definition) is 8. The van der Waals surface area contributed by atoms with Crippen LogP contribution in [0.4, 0.5) is 0 Å². The number of ether oxygens (including phenoxy) is 2. The highest BCUT2D eigenvalue weighted by molar-refractivity contribution is 7.45. The smallest absolute Gasteiger partial charge is 0.306 e. The molecule has 0 fully saturated rings. The van der Waals surface area contributed by atoms with Crippen LogP contribution in [0.5, 0.6) is 0 Å². The molecule has 0 radical (unpaired) electrons. The molecule has 2 unspecified atom stereocenters. The summed E-state index contributed by atoms with van der Waals surface area (Å²) in [6.07, 6.45) is 78.2. The first-order chi connectivity index (χ1) is 36.5. The summed E-state index contributed by atoms with van der Waals surface area (Å²) in [4.78, 5) is 37.8. The fraction of sp³-hybridized carbons (Fsp3) is 0.662. The fourth-order valence-corrected chi connectivity index (χ4v) is 8.37. The van der Waals surface area contributed by atoms with Gasteiger partial charge in [-0.2, -0.15) is 0 Å². The van der Waals surface area contributed by atoms with Crippen molar-refractivity contribution in [3.05, 3.63) is 122 Å². The van der Waals surface area contributed by atoms with Gasteiger partial charge in [-0.15, -0.1) is 0 Å². The summed E-state index contributed by atoms with van der Waals surface area (Å²) in [6.45, 7) is 4.09. The predicted octanol–water partition coefficient (Wildman–Crippen LogP) is 18.1. The molecule has 0 amide bonds. The van der Waals surface area contributed by atoms with Gasteiger partial charge in [0.1, 0.15) is 19.8 Å². The third-order valence-corrected chi connectivity index (χ3v) is 13.2. The molecule has 0 aromatic rings. The molecule has 0 aromatic heterocycles. The first-order valence-electron chi connectivity index (χ1n) is 29.7. The molecule has 0 saturated carbocycles. The molecule has 0 rings (SSSR count). The number of quaternary nitrogens is 1. The predicted molar refractivity (Wildman–Crippen MR) is 318 cm³/mol. The van der Waals surface area contributed by atoms with E-state index in [0.717, 1.165) is 122 Å². The Bertz CT molecular complexity index is 1680. The lowest BCUT2D eigenvalue weighted by molar-refractivity contribution is -0.870. The van der Waals surface area contributed by atoms with Crippen LogP contribution in [0, 0.1) is 0 Å². The van der Waals surface area contributed by atoms with Gasteiger partial charge in [0.15, 0.2) is 6.10 Å². The highest BCUT2D eigenvalue weighted by Gasteiger charge is 2.21. The van der Waals surface area contributed by atoms with E-state index in [2.05, 4.69) is 135 Å². The monoisotopic (exact) mass is 1060 g/mol. The molecule has 0 N–H and O–H groups in total.